The van der Waals surface area contributed by atoms with Crippen LogP contribution in [0.1, 0.15) is 30.9 Å². The van der Waals surface area contributed by atoms with E-state index in [1.165, 1.54) is 16.0 Å². The van der Waals surface area contributed by atoms with Gasteiger partial charge in [-0.1, -0.05) is 49.4 Å². The fraction of sp³-hybridized carbons (Fsp3) is 0.417. The van der Waals surface area contributed by atoms with Crippen molar-refractivity contribution in [1.29, 1.82) is 0 Å². The van der Waals surface area contributed by atoms with Crippen molar-refractivity contribution >= 4 is 23.6 Å². The van der Waals surface area contributed by atoms with E-state index in [2.05, 4.69) is 71.1 Å². The van der Waals surface area contributed by atoms with Crippen LogP contribution in [-0.2, 0) is 17.8 Å². The Bertz CT molecular complexity index is 840. The molecule has 0 fully saturated rings. The second-order valence-electron chi connectivity index (χ2n) is 7.56. The third-order valence-corrected chi connectivity index (χ3v) is 6.32. The van der Waals surface area contributed by atoms with Crippen LogP contribution in [-0.4, -0.2) is 48.7 Å². The first-order chi connectivity index (χ1) is 14.7. The van der Waals surface area contributed by atoms with Gasteiger partial charge in [0.2, 0.25) is 5.91 Å². The van der Waals surface area contributed by atoms with Crippen molar-refractivity contribution in [3.63, 3.8) is 0 Å². The van der Waals surface area contributed by atoms with Crippen molar-refractivity contribution in [3.05, 3.63) is 65.7 Å². The van der Waals surface area contributed by atoms with Crippen LogP contribution in [0, 0.1) is 0 Å². The van der Waals surface area contributed by atoms with Crippen molar-refractivity contribution in [2.24, 2.45) is 4.99 Å². The highest BCUT2D eigenvalue weighted by molar-refractivity contribution is 8.00. The van der Waals surface area contributed by atoms with Gasteiger partial charge in [0.15, 0.2) is 5.96 Å². The van der Waals surface area contributed by atoms with Gasteiger partial charge in [-0.2, -0.15) is 0 Å². The number of nitrogens with one attached hydrogen (secondary N) is 2. The summed E-state index contributed by atoms with van der Waals surface area (Å²) in [5.74, 6) is 1.02. The van der Waals surface area contributed by atoms with E-state index in [1.807, 2.05) is 22.7 Å². The van der Waals surface area contributed by atoms with Crippen LogP contribution in [0.5, 0.6) is 0 Å². The second kappa shape index (κ2) is 11.6. The van der Waals surface area contributed by atoms with Gasteiger partial charge in [0.05, 0.1) is 0 Å². The highest BCUT2D eigenvalue weighted by atomic mass is 32.2. The molecule has 0 spiro atoms. The average molecular weight is 425 g/mol. The number of guanidine groups is 1. The Hall–Kier alpha value is -2.47. The minimum atomic E-state index is 0.238. The molecule has 1 atom stereocenters. The number of carbonyl (C=O) groups excluding carboxylic acids is 1. The molecule has 1 amide bonds. The molecule has 0 aliphatic carbocycles. The van der Waals surface area contributed by atoms with E-state index in [-0.39, 0.29) is 5.91 Å². The van der Waals surface area contributed by atoms with E-state index < -0.39 is 0 Å². The lowest BCUT2D eigenvalue weighted by Crippen LogP contribution is -2.41. The van der Waals surface area contributed by atoms with Gasteiger partial charge in [-0.05, 0) is 36.1 Å². The summed E-state index contributed by atoms with van der Waals surface area (Å²) in [6.07, 6.45) is 2.31. The molecule has 1 aliphatic heterocycles. The molecular formula is C24H32N4OS. The van der Waals surface area contributed by atoms with E-state index in [1.54, 1.807) is 7.05 Å². The van der Waals surface area contributed by atoms with Crippen LogP contribution >= 0.6 is 11.8 Å². The first kappa shape index (κ1) is 22.2. The van der Waals surface area contributed by atoms with E-state index in [9.17, 15) is 4.79 Å². The molecule has 2 aromatic carbocycles. The summed E-state index contributed by atoms with van der Waals surface area (Å²) in [4.78, 5) is 20.1. The van der Waals surface area contributed by atoms with Gasteiger partial charge in [0, 0.05) is 49.8 Å². The zero-order chi connectivity index (χ0) is 21.2. The van der Waals surface area contributed by atoms with E-state index in [0.29, 0.717) is 11.7 Å². The van der Waals surface area contributed by atoms with Crippen LogP contribution in [0.2, 0.25) is 0 Å². The van der Waals surface area contributed by atoms with Crippen LogP contribution in [0.3, 0.4) is 0 Å². The smallest absolute Gasteiger partial charge is 0.222 e. The molecule has 160 valence electrons. The Morgan fingerprint density at radius 1 is 1.10 bits per heavy atom. The van der Waals surface area contributed by atoms with Crippen LogP contribution < -0.4 is 10.6 Å². The van der Waals surface area contributed by atoms with Crippen molar-refractivity contribution in [2.45, 2.75) is 42.9 Å². The Morgan fingerprint density at radius 3 is 2.60 bits per heavy atom. The molecule has 30 heavy (non-hydrogen) atoms. The maximum absolute atomic E-state index is 12.6. The molecule has 0 saturated heterocycles. The summed E-state index contributed by atoms with van der Waals surface area (Å²) in [5, 5.41) is 7.12. The minimum Gasteiger partial charge on any atom is -0.356 e. The molecule has 1 heterocycles. The summed E-state index contributed by atoms with van der Waals surface area (Å²) in [6, 6.07) is 18.8. The molecule has 1 aliphatic rings. The third kappa shape index (κ3) is 6.80. The minimum absolute atomic E-state index is 0.238. The molecule has 2 aromatic rings. The number of hydrogen-bond donors (Lipinski definition) is 2. The van der Waals surface area contributed by atoms with Crippen molar-refractivity contribution in [1.82, 2.24) is 15.5 Å². The van der Waals surface area contributed by atoms with Gasteiger partial charge >= 0.3 is 0 Å². The highest BCUT2D eigenvalue weighted by Gasteiger charge is 2.19. The first-order valence-corrected chi connectivity index (χ1v) is 11.5. The zero-order valence-corrected chi connectivity index (χ0v) is 18.8. The topological polar surface area (TPSA) is 56.7 Å². The molecular weight excluding hydrogens is 392 g/mol. The number of fused-ring (bicyclic) bond motifs is 1. The molecule has 0 aromatic heterocycles. The summed E-state index contributed by atoms with van der Waals surface area (Å²) in [5.41, 5.74) is 2.65. The maximum atomic E-state index is 12.6. The number of nitrogens with zero attached hydrogens (tertiary/aromatic N) is 2. The molecule has 6 heteroatoms. The quantitative estimate of drug-likeness (QED) is 0.294. The number of carbonyl (C=O) groups is 1. The van der Waals surface area contributed by atoms with Crippen molar-refractivity contribution in [3.8, 4) is 0 Å². The lowest BCUT2D eigenvalue weighted by molar-refractivity contribution is -0.132. The van der Waals surface area contributed by atoms with Gasteiger partial charge in [0.25, 0.3) is 0 Å². The fourth-order valence-corrected chi connectivity index (χ4v) is 4.49. The van der Waals surface area contributed by atoms with E-state index >= 15 is 0 Å². The third-order valence-electron chi connectivity index (χ3n) is 5.20. The van der Waals surface area contributed by atoms with Gasteiger partial charge in [-0.15, -0.1) is 11.8 Å². The number of amides is 1. The Labute approximate surface area is 184 Å². The highest BCUT2D eigenvalue weighted by Crippen LogP contribution is 2.22. The molecule has 0 saturated carbocycles. The standard InChI is InChI=1S/C24H32N4OS/c1-19(30-22-11-4-3-5-12-22)17-27-24(25-2)26-15-8-13-23(29)28-16-14-20-9-6-7-10-21(20)18-28/h3-7,9-12,19H,8,13-18H2,1-2H3,(H2,25,26,27). The van der Waals surface area contributed by atoms with Crippen molar-refractivity contribution < 1.29 is 4.79 Å². The summed E-state index contributed by atoms with van der Waals surface area (Å²) >= 11 is 1.84. The SMILES string of the molecule is CN=C(NCCCC(=O)N1CCc2ccccc2C1)NCC(C)Sc1ccccc1. The Morgan fingerprint density at radius 2 is 1.83 bits per heavy atom. The number of aliphatic imine (C=N–C) groups is 1. The monoisotopic (exact) mass is 424 g/mol. The summed E-state index contributed by atoms with van der Waals surface area (Å²) in [6.45, 7) is 5.32. The molecule has 0 bridgehead atoms. The largest absolute Gasteiger partial charge is 0.356 e. The molecule has 1 unspecified atom stereocenters. The van der Waals surface area contributed by atoms with Gasteiger partial charge in [-0.25, -0.2) is 0 Å². The van der Waals surface area contributed by atoms with Crippen molar-refractivity contribution in [2.75, 3.05) is 26.7 Å². The second-order valence-corrected chi connectivity index (χ2v) is 9.07. The van der Waals surface area contributed by atoms with E-state index in [4.69, 9.17) is 0 Å². The van der Waals surface area contributed by atoms with Crippen LogP contribution in [0.25, 0.3) is 0 Å². The predicted octanol–water partition coefficient (Wildman–Crippen LogP) is 3.70. The summed E-state index contributed by atoms with van der Waals surface area (Å²) < 4.78 is 0. The van der Waals surface area contributed by atoms with Crippen LogP contribution in [0.4, 0.5) is 0 Å². The molecule has 3 rings (SSSR count). The van der Waals surface area contributed by atoms with Gasteiger partial charge in [-0.3, -0.25) is 9.79 Å². The van der Waals surface area contributed by atoms with Crippen LogP contribution in [0.15, 0.2) is 64.5 Å². The molecule has 2 N–H and O–H groups in total. The first-order valence-electron chi connectivity index (χ1n) is 10.7. The number of thioether (sulfide) groups is 1. The van der Waals surface area contributed by atoms with Gasteiger partial charge < -0.3 is 15.5 Å². The lowest BCUT2D eigenvalue weighted by atomic mass is 9.99. The fourth-order valence-electron chi connectivity index (χ4n) is 3.55. The summed E-state index contributed by atoms with van der Waals surface area (Å²) in [7, 11) is 1.78. The van der Waals surface area contributed by atoms with Gasteiger partial charge in [0.1, 0.15) is 0 Å². The lowest BCUT2D eigenvalue weighted by Gasteiger charge is -2.29. The van der Waals surface area contributed by atoms with E-state index in [0.717, 1.165) is 45.0 Å². The maximum Gasteiger partial charge on any atom is 0.222 e. The number of hydrogen-bond acceptors (Lipinski definition) is 3. The zero-order valence-electron chi connectivity index (χ0n) is 17.9. The predicted molar refractivity (Wildman–Crippen MR) is 126 cm³/mol. The molecule has 5 nitrogen and oxygen atoms in total. The normalized spacial score (nSPS) is 14.7. The Balaban J connectivity index is 1.32. The average Bonchev–Trinajstić information content (AvgIpc) is 2.78. The molecule has 0 radical (unpaired) electrons. The number of benzene rings is 2. The number of rotatable bonds is 8. The Kier molecular flexibility index (Phi) is 8.63.